The maximum absolute atomic E-state index is 6.26. The Morgan fingerprint density at radius 3 is 2.38 bits per heavy atom. The van der Waals surface area contributed by atoms with Gasteiger partial charge in [-0.1, -0.05) is 40.2 Å². The topological polar surface area (TPSA) is 26.0 Å². The summed E-state index contributed by atoms with van der Waals surface area (Å²) in [6.07, 6.45) is 2.56. The van der Waals surface area contributed by atoms with Crippen molar-refractivity contribution in [3.8, 4) is 0 Å². The van der Waals surface area contributed by atoms with E-state index < -0.39 is 0 Å². The molecule has 0 radical (unpaired) electrons. The zero-order valence-electron chi connectivity index (χ0n) is 8.99. The van der Waals surface area contributed by atoms with Gasteiger partial charge in [0.2, 0.25) is 0 Å². The second kappa shape index (κ2) is 3.86. The zero-order valence-corrected chi connectivity index (χ0v) is 10.6. The van der Waals surface area contributed by atoms with E-state index in [1.807, 2.05) is 0 Å². The van der Waals surface area contributed by atoms with Crippen molar-refractivity contribution in [2.75, 3.05) is 0 Å². The van der Waals surface area contributed by atoms with Crippen LogP contribution in [0, 0.1) is 5.92 Å². The van der Waals surface area contributed by atoms with Gasteiger partial charge in [-0.25, -0.2) is 0 Å². The zero-order chi connectivity index (χ0) is 11.1. The van der Waals surface area contributed by atoms with Crippen LogP contribution in [-0.2, 0) is 0 Å². The van der Waals surface area contributed by atoms with Gasteiger partial charge < -0.3 is 5.73 Å². The summed E-state index contributed by atoms with van der Waals surface area (Å²) < 4.78 is 1.14. The highest BCUT2D eigenvalue weighted by Crippen LogP contribution is 2.42. The summed E-state index contributed by atoms with van der Waals surface area (Å²) in [4.78, 5) is 0. The monoisotopic (exact) mass is 275 g/mol. The van der Waals surface area contributed by atoms with E-state index in [2.05, 4.69) is 52.3 Å². The molecule has 1 saturated carbocycles. The fourth-order valence-corrected chi connectivity index (χ4v) is 2.82. The van der Waals surface area contributed by atoms with Crippen molar-refractivity contribution in [3.05, 3.63) is 46.4 Å². The van der Waals surface area contributed by atoms with Gasteiger partial charge in [0.05, 0.1) is 0 Å². The fourth-order valence-electron chi connectivity index (χ4n) is 2.19. The second-order valence-corrected chi connectivity index (χ2v) is 5.44. The number of rotatable bonds is 2. The summed E-state index contributed by atoms with van der Waals surface area (Å²) in [5.41, 5.74) is 7.51. The van der Waals surface area contributed by atoms with Gasteiger partial charge in [-0.05, 0) is 47.2 Å². The lowest BCUT2D eigenvalue weighted by Gasteiger charge is -2.14. The predicted octanol–water partition coefficient (Wildman–Crippen LogP) is 4.01. The van der Waals surface area contributed by atoms with Crippen molar-refractivity contribution in [1.82, 2.24) is 0 Å². The van der Waals surface area contributed by atoms with Crippen LogP contribution in [0.5, 0.6) is 0 Å². The van der Waals surface area contributed by atoms with Crippen molar-refractivity contribution in [3.63, 3.8) is 0 Å². The Labute approximate surface area is 104 Å². The van der Waals surface area contributed by atoms with Crippen molar-refractivity contribution >= 4 is 26.7 Å². The average molecular weight is 276 g/mol. The highest BCUT2D eigenvalue weighted by atomic mass is 79.9. The van der Waals surface area contributed by atoms with Crippen LogP contribution in [0.2, 0.25) is 0 Å². The quantitative estimate of drug-likeness (QED) is 0.881. The van der Waals surface area contributed by atoms with Gasteiger partial charge in [0.25, 0.3) is 0 Å². The molecule has 1 fully saturated rings. The van der Waals surface area contributed by atoms with Crippen molar-refractivity contribution in [2.24, 2.45) is 11.7 Å². The van der Waals surface area contributed by atoms with Crippen LogP contribution in [0.1, 0.15) is 24.4 Å². The number of fused-ring (bicyclic) bond motifs is 1. The molecule has 1 unspecified atom stereocenters. The van der Waals surface area contributed by atoms with Crippen LogP contribution < -0.4 is 5.73 Å². The molecule has 0 aromatic heterocycles. The number of hydrogen-bond donors (Lipinski definition) is 1. The molecule has 2 aromatic carbocycles. The molecule has 1 aliphatic rings. The predicted molar refractivity (Wildman–Crippen MR) is 71.3 cm³/mol. The SMILES string of the molecule is NC(c1cc2ccccc2cc1Br)C1CC1. The van der Waals surface area contributed by atoms with Crippen molar-refractivity contribution < 1.29 is 0 Å². The number of nitrogens with two attached hydrogens (primary N) is 1. The minimum absolute atomic E-state index is 0.194. The first-order valence-electron chi connectivity index (χ1n) is 5.69. The minimum Gasteiger partial charge on any atom is -0.324 e. The van der Waals surface area contributed by atoms with E-state index in [0.29, 0.717) is 5.92 Å². The highest BCUT2D eigenvalue weighted by Gasteiger charge is 2.30. The molecule has 1 atom stereocenters. The normalized spacial score (nSPS) is 17.6. The lowest BCUT2D eigenvalue weighted by atomic mass is 9.99. The van der Waals surface area contributed by atoms with Crippen molar-refractivity contribution in [1.29, 1.82) is 0 Å². The Kier molecular flexibility index (Phi) is 2.49. The average Bonchev–Trinajstić information content (AvgIpc) is 3.11. The Morgan fingerprint density at radius 1 is 1.12 bits per heavy atom. The third-order valence-electron chi connectivity index (χ3n) is 3.35. The largest absolute Gasteiger partial charge is 0.324 e. The van der Waals surface area contributed by atoms with E-state index >= 15 is 0 Å². The van der Waals surface area contributed by atoms with Gasteiger partial charge in [-0.3, -0.25) is 0 Å². The van der Waals surface area contributed by atoms with Crippen LogP contribution in [0.4, 0.5) is 0 Å². The molecule has 3 rings (SSSR count). The molecule has 0 heterocycles. The van der Waals surface area contributed by atoms with E-state index in [1.54, 1.807) is 0 Å². The van der Waals surface area contributed by atoms with Crippen LogP contribution >= 0.6 is 15.9 Å². The molecule has 2 heteroatoms. The Bertz CT molecular complexity index is 531. The molecule has 0 bridgehead atoms. The van der Waals surface area contributed by atoms with Gasteiger partial charge in [-0.2, -0.15) is 0 Å². The first-order valence-corrected chi connectivity index (χ1v) is 6.49. The van der Waals surface area contributed by atoms with Crippen LogP contribution in [-0.4, -0.2) is 0 Å². The van der Waals surface area contributed by atoms with Gasteiger partial charge in [0.15, 0.2) is 0 Å². The van der Waals surface area contributed by atoms with E-state index in [9.17, 15) is 0 Å². The van der Waals surface area contributed by atoms with Gasteiger partial charge in [-0.15, -0.1) is 0 Å². The van der Waals surface area contributed by atoms with Crippen LogP contribution in [0.25, 0.3) is 10.8 Å². The molecule has 1 aliphatic carbocycles. The summed E-state index contributed by atoms with van der Waals surface area (Å²) in [5.74, 6) is 0.692. The molecule has 2 aromatic rings. The summed E-state index contributed by atoms with van der Waals surface area (Å²) in [6, 6.07) is 13.0. The van der Waals surface area contributed by atoms with Crippen molar-refractivity contribution in [2.45, 2.75) is 18.9 Å². The molecule has 16 heavy (non-hydrogen) atoms. The summed E-state index contributed by atoms with van der Waals surface area (Å²) in [6.45, 7) is 0. The number of hydrogen-bond acceptors (Lipinski definition) is 1. The van der Waals surface area contributed by atoms with Crippen LogP contribution in [0.3, 0.4) is 0 Å². The van der Waals surface area contributed by atoms with E-state index in [1.165, 1.54) is 29.2 Å². The van der Waals surface area contributed by atoms with Crippen LogP contribution in [0.15, 0.2) is 40.9 Å². The first-order chi connectivity index (χ1) is 7.75. The highest BCUT2D eigenvalue weighted by molar-refractivity contribution is 9.10. The standard InChI is InChI=1S/C14H14BrN/c15-13-8-11-4-2-1-3-10(11)7-12(13)14(16)9-5-6-9/h1-4,7-9,14H,5-6,16H2. The molecular formula is C14H14BrN. The molecule has 1 nitrogen and oxygen atoms in total. The molecule has 0 spiro atoms. The summed E-state index contributed by atoms with van der Waals surface area (Å²) in [5, 5.41) is 2.54. The van der Waals surface area contributed by atoms with Gasteiger partial charge >= 0.3 is 0 Å². The lowest BCUT2D eigenvalue weighted by molar-refractivity contribution is 0.631. The molecule has 0 aliphatic heterocycles. The van der Waals surface area contributed by atoms with E-state index in [4.69, 9.17) is 5.73 Å². The second-order valence-electron chi connectivity index (χ2n) is 4.58. The third kappa shape index (κ3) is 1.76. The summed E-state index contributed by atoms with van der Waals surface area (Å²) >= 11 is 3.63. The minimum atomic E-state index is 0.194. The summed E-state index contributed by atoms with van der Waals surface area (Å²) in [7, 11) is 0. The third-order valence-corrected chi connectivity index (χ3v) is 4.04. The molecule has 0 amide bonds. The Hall–Kier alpha value is -0.860. The molecule has 2 N–H and O–H groups in total. The van der Waals surface area contributed by atoms with Gasteiger partial charge in [0.1, 0.15) is 0 Å². The molecule has 82 valence electrons. The first kappa shape index (κ1) is 10.3. The van der Waals surface area contributed by atoms with E-state index in [-0.39, 0.29) is 6.04 Å². The smallest absolute Gasteiger partial charge is 0.0334 e. The molecular weight excluding hydrogens is 262 g/mol. The maximum Gasteiger partial charge on any atom is 0.0334 e. The Morgan fingerprint density at radius 2 is 1.75 bits per heavy atom. The number of halogens is 1. The number of benzene rings is 2. The molecule has 0 saturated heterocycles. The lowest BCUT2D eigenvalue weighted by Crippen LogP contribution is -2.12. The van der Waals surface area contributed by atoms with E-state index in [0.717, 1.165) is 4.47 Å². The maximum atomic E-state index is 6.26. The van der Waals surface area contributed by atoms with Gasteiger partial charge in [0, 0.05) is 10.5 Å². The fraction of sp³-hybridized carbons (Fsp3) is 0.286. The Balaban J connectivity index is 2.13.